The largest absolute Gasteiger partial charge is 0.479 e. The second-order valence-electron chi connectivity index (χ2n) is 5.26. The molecule has 114 valence electrons. The zero-order valence-electron chi connectivity index (χ0n) is 11.9. The molecule has 2 N–H and O–H groups in total. The molecule has 1 aromatic rings. The fourth-order valence-corrected chi connectivity index (χ4v) is 2.44. The molecule has 0 unspecified atom stereocenters. The van der Waals surface area contributed by atoms with Gasteiger partial charge in [0.05, 0.1) is 6.61 Å². The highest BCUT2D eigenvalue weighted by molar-refractivity contribution is 5.94. The van der Waals surface area contributed by atoms with Gasteiger partial charge in [-0.3, -0.25) is 4.79 Å². The van der Waals surface area contributed by atoms with Crippen molar-refractivity contribution in [1.29, 1.82) is 0 Å². The number of amides is 1. The van der Waals surface area contributed by atoms with E-state index in [0.29, 0.717) is 12.2 Å². The summed E-state index contributed by atoms with van der Waals surface area (Å²) < 4.78 is 5.04. The number of carbonyl (C=O) groups excluding carboxylic acids is 1. The van der Waals surface area contributed by atoms with Crippen molar-refractivity contribution in [3.63, 3.8) is 0 Å². The lowest BCUT2D eigenvalue weighted by molar-refractivity contribution is -0.162. The maximum Gasteiger partial charge on any atom is 0.335 e. The number of hydrogen-bond donors (Lipinski definition) is 2. The second kappa shape index (κ2) is 6.24. The second-order valence-corrected chi connectivity index (χ2v) is 5.26. The molecule has 0 saturated carbocycles. The standard InChI is InChI=1S/C15H19NO5/c1-21-10-11-3-2-4-12(9-11)13(17)16-7-5-15(20,6-8-16)14(18)19/h2-4,9,20H,5-8,10H2,1H3,(H,18,19). The van der Waals surface area contributed by atoms with Crippen LogP contribution >= 0.6 is 0 Å². The summed E-state index contributed by atoms with van der Waals surface area (Å²) in [7, 11) is 1.59. The van der Waals surface area contributed by atoms with Crippen LogP contribution in [0, 0.1) is 0 Å². The Hall–Kier alpha value is -1.92. The summed E-state index contributed by atoms with van der Waals surface area (Å²) in [6.07, 6.45) is 0.0949. The Kier molecular flexibility index (Phi) is 4.59. The number of ether oxygens (including phenoxy) is 1. The van der Waals surface area contributed by atoms with Gasteiger partial charge in [0, 0.05) is 38.6 Å². The number of carboxylic acids is 1. The third-order valence-electron chi connectivity index (χ3n) is 3.76. The van der Waals surface area contributed by atoms with E-state index in [0.717, 1.165) is 5.56 Å². The van der Waals surface area contributed by atoms with Crippen LogP contribution in [-0.2, 0) is 16.1 Å². The van der Waals surface area contributed by atoms with E-state index in [-0.39, 0.29) is 31.8 Å². The number of carboxylic acid groups (broad SMARTS) is 1. The van der Waals surface area contributed by atoms with Gasteiger partial charge in [-0.2, -0.15) is 0 Å². The molecule has 0 atom stereocenters. The number of aliphatic hydroxyl groups is 1. The van der Waals surface area contributed by atoms with E-state index in [1.54, 1.807) is 30.2 Å². The fourth-order valence-electron chi connectivity index (χ4n) is 2.44. The average molecular weight is 293 g/mol. The minimum atomic E-state index is -1.71. The Balaban J connectivity index is 2.05. The highest BCUT2D eigenvalue weighted by Gasteiger charge is 2.40. The summed E-state index contributed by atoms with van der Waals surface area (Å²) in [5.41, 5.74) is -0.262. The van der Waals surface area contributed by atoms with Crippen LogP contribution in [0.4, 0.5) is 0 Å². The molecule has 0 spiro atoms. The normalized spacial score (nSPS) is 17.5. The first kappa shape index (κ1) is 15.5. The highest BCUT2D eigenvalue weighted by Crippen LogP contribution is 2.23. The number of likely N-dealkylation sites (tertiary alicyclic amines) is 1. The van der Waals surface area contributed by atoms with E-state index in [9.17, 15) is 14.7 Å². The highest BCUT2D eigenvalue weighted by atomic mass is 16.5. The molecule has 1 amide bonds. The Morgan fingerprint density at radius 1 is 1.33 bits per heavy atom. The van der Waals surface area contributed by atoms with Crippen LogP contribution in [0.5, 0.6) is 0 Å². The number of methoxy groups -OCH3 is 1. The van der Waals surface area contributed by atoms with E-state index in [4.69, 9.17) is 9.84 Å². The molecule has 2 rings (SSSR count). The zero-order chi connectivity index (χ0) is 15.5. The number of aliphatic carboxylic acids is 1. The monoisotopic (exact) mass is 293 g/mol. The van der Waals surface area contributed by atoms with E-state index in [2.05, 4.69) is 0 Å². The van der Waals surface area contributed by atoms with Crippen molar-refractivity contribution in [3.05, 3.63) is 35.4 Å². The molecular weight excluding hydrogens is 274 g/mol. The molecule has 1 aliphatic heterocycles. The smallest absolute Gasteiger partial charge is 0.335 e. The molecule has 1 fully saturated rings. The maximum atomic E-state index is 12.4. The van der Waals surface area contributed by atoms with Crippen molar-refractivity contribution in [1.82, 2.24) is 4.90 Å². The number of carbonyl (C=O) groups is 2. The van der Waals surface area contributed by atoms with E-state index in [1.165, 1.54) is 0 Å². The predicted molar refractivity (Wildman–Crippen MR) is 74.9 cm³/mol. The first-order valence-electron chi connectivity index (χ1n) is 6.79. The summed E-state index contributed by atoms with van der Waals surface area (Å²) in [4.78, 5) is 24.9. The number of benzene rings is 1. The first-order chi connectivity index (χ1) is 9.96. The molecule has 6 nitrogen and oxygen atoms in total. The van der Waals surface area contributed by atoms with Crippen molar-refractivity contribution in [2.24, 2.45) is 0 Å². The topological polar surface area (TPSA) is 87.1 Å². The van der Waals surface area contributed by atoms with Crippen molar-refractivity contribution in [2.45, 2.75) is 25.0 Å². The lowest BCUT2D eigenvalue weighted by Gasteiger charge is -2.35. The molecule has 0 aliphatic carbocycles. The van der Waals surface area contributed by atoms with Gasteiger partial charge in [0.25, 0.3) is 5.91 Å². The van der Waals surface area contributed by atoms with Crippen molar-refractivity contribution in [3.8, 4) is 0 Å². The molecule has 1 aliphatic rings. The molecule has 1 heterocycles. The number of rotatable bonds is 4. The van der Waals surface area contributed by atoms with Crippen LogP contribution in [0.1, 0.15) is 28.8 Å². The van der Waals surface area contributed by atoms with Crippen LogP contribution in [0.25, 0.3) is 0 Å². The lowest BCUT2D eigenvalue weighted by atomic mass is 9.91. The summed E-state index contributed by atoms with van der Waals surface area (Å²) in [6, 6.07) is 7.15. The summed E-state index contributed by atoms with van der Waals surface area (Å²) in [5, 5.41) is 18.8. The summed E-state index contributed by atoms with van der Waals surface area (Å²) in [6.45, 7) is 0.895. The van der Waals surface area contributed by atoms with Crippen LogP contribution in [0.3, 0.4) is 0 Å². The number of piperidine rings is 1. The molecule has 1 saturated heterocycles. The van der Waals surface area contributed by atoms with Gasteiger partial charge >= 0.3 is 5.97 Å². The Morgan fingerprint density at radius 2 is 2.00 bits per heavy atom. The van der Waals surface area contributed by atoms with E-state index >= 15 is 0 Å². The summed E-state index contributed by atoms with van der Waals surface area (Å²) in [5.74, 6) is -1.38. The fraction of sp³-hybridized carbons (Fsp3) is 0.467. The quantitative estimate of drug-likeness (QED) is 0.860. The minimum absolute atomic E-state index is 0.0475. The van der Waals surface area contributed by atoms with Crippen LogP contribution in [-0.4, -0.2) is 52.8 Å². The van der Waals surface area contributed by atoms with Crippen molar-refractivity contribution >= 4 is 11.9 Å². The average Bonchev–Trinajstić information content (AvgIpc) is 2.48. The van der Waals surface area contributed by atoms with E-state index in [1.807, 2.05) is 6.07 Å². The molecule has 0 aromatic heterocycles. The Morgan fingerprint density at radius 3 is 2.57 bits per heavy atom. The van der Waals surface area contributed by atoms with Crippen molar-refractivity contribution < 1.29 is 24.5 Å². The number of nitrogens with zero attached hydrogens (tertiary/aromatic N) is 1. The Bertz CT molecular complexity index is 535. The molecule has 21 heavy (non-hydrogen) atoms. The molecular formula is C15H19NO5. The number of hydrogen-bond acceptors (Lipinski definition) is 4. The van der Waals surface area contributed by atoms with Gasteiger partial charge in [-0.1, -0.05) is 12.1 Å². The van der Waals surface area contributed by atoms with Gasteiger partial charge < -0.3 is 19.8 Å². The molecule has 0 radical (unpaired) electrons. The maximum absolute atomic E-state index is 12.4. The van der Waals surface area contributed by atoms with Gasteiger partial charge in [-0.25, -0.2) is 4.79 Å². The van der Waals surface area contributed by atoms with Gasteiger partial charge in [-0.15, -0.1) is 0 Å². The molecule has 6 heteroatoms. The van der Waals surface area contributed by atoms with E-state index < -0.39 is 11.6 Å². The van der Waals surface area contributed by atoms with Gasteiger partial charge in [-0.05, 0) is 17.7 Å². The predicted octanol–water partition coefficient (Wildman–Crippen LogP) is 0.885. The van der Waals surface area contributed by atoms with Gasteiger partial charge in [0.2, 0.25) is 0 Å². The zero-order valence-corrected chi connectivity index (χ0v) is 11.9. The van der Waals surface area contributed by atoms with Gasteiger partial charge in [0.15, 0.2) is 5.60 Å². The third-order valence-corrected chi connectivity index (χ3v) is 3.76. The lowest BCUT2D eigenvalue weighted by Crippen LogP contribution is -2.50. The first-order valence-corrected chi connectivity index (χ1v) is 6.79. The van der Waals surface area contributed by atoms with Crippen molar-refractivity contribution in [2.75, 3.05) is 20.2 Å². The van der Waals surface area contributed by atoms with Crippen LogP contribution in [0.2, 0.25) is 0 Å². The summed E-state index contributed by atoms with van der Waals surface area (Å²) >= 11 is 0. The SMILES string of the molecule is COCc1cccc(C(=O)N2CCC(O)(C(=O)O)CC2)c1. The van der Waals surface area contributed by atoms with Crippen LogP contribution < -0.4 is 0 Å². The third kappa shape index (κ3) is 3.40. The Labute approximate surface area is 122 Å². The molecule has 1 aromatic carbocycles. The molecule has 0 bridgehead atoms. The van der Waals surface area contributed by atoms with Crippen LogP contribution in [0.15, 0.2) is 24.3 Å². The van der Waals surface area contributed by atoms with Gasteiger partial charge in [0.1, 0.15) is 0 Å². The minimum Gasteiger partial charge on any atom is -0.479 e.